The standard InChI is InChI=1S/C16H15N5O/c1-9-7-13(21-16(18)19-9)15-14(22)6-5-12(20-15)10-3-2-4-11(17)8-10/h2-8,22H,17H2,1H3,(H2,18,19,21). The molecule has 0 fully saturated rings. The number of aryl methyl sites for hydroxylation is 1. The highest BCUT2D eigenvalue weighted by atomic mass is 16.3. The average Bonchev–Trinajstić information content (AvgIpc) is 2.46. The lowest BCUT2D eigenvalue weighted by Crippen LogP contribution is -2.00. The third-order valence-corrected chi connectivity index (χ3v) is 3.17. The Kier molecular flexibility index (Phi) is 3.34. The Labute approximate surface area is 127 Å². The fourth-order valence-corrected chi connectivity index (χ4v) is 2.21. The Morgan fingerprint density at radius 1 is 0.909 bits per heavy atom. The van der Waals surface area contributed by atoms with Crippen LogP contribution in [0.25, 0.3) is 22.6 Å². The number of aromatic hydroxyl groups is 1. The molecule has 0 saturated heterocycles. The molecule has 6 heteroatoms. The molecule has 3 aromatic rings. The van der Waals surface area contributed by atoms with Gasteiger partial charge in [-0.25, -0.2) is 15.0 Å². The molecule has 6 nitrogen and oxygen atoms in total. The molecular formula is C16H15N5O. The van der Waals surface area contributed by atoms with Gasteiger partial charge in [0.15, 0.2) is 0 Å². The zero-order valence-electron chi connectivity index (χ0n) is 12.0. The molecule has 3 rings (SSSR count). The van der Waals surface area contributed by atoms with E-state index in [1.54, 1.807) is 31.2 Å². The van der Waals surface area contributed by atoms with Gasteiger partial charge in [-0.05, 0) is 37.3 Å². The Balaban J connectivity index is 2.14. The Morgan fingerprint density at radius 3 is 2.45 bits per heavy atom. The van der Waals surface area contributed by atoms with Crippen LogP contribution in [0.1, 0.15) is 5.69 Å². The summed E-state index contributed by atoms with van der Waals surface area (Å²) in [5.41, 5.74) is 15.2. The number of nitrogens with zero attached hydrogens (tertiary/aromatic N) is 3. The molecule has 0 saturated carbocycles. The first-order chi connectivity index (χ1) is 10.5. The fourth-order valence-electron chi connectivity index (χ4n) is 2.21. The van der Waals surface area contributed by atoms with E-state index >= 15 is 0 Å². The van der Waals surface area contributed by atoms with E-state index in [2.05, 4.69) is 15.0 Å². The normalized spacial score (nSPS) is 10.6. The van der Waals surface area contributed by atoms with Crippen molar-refractivity contribution in [2.45, 2.75) is 6.92 Å². The van der Waals surface area contributed by atoms with Crippen molar-refractivity contribution in [2.24, 2.45) is 0 Å². The summed E-state index contributed by atoms with van der Waals surface area (Å²) < 4.78 is 0. The van der Waals surface area contributed by atoms with Crippen molar-refractivity contribution in [1.29, 1.82) is 0 Å². The van der Waals surface area contributed by atoms with Gasteiger partial charge < -0.3 is 16.6 Å². The van der Waals surface area contributed by atoms with Gasteiger partial charge in [-0.15, -0.1) is 0 Å². The predicted molar refractivity (Wildman–Crippen MR) is 85.9 cm³/mol. The first-order valence-electron chi connectivity index (χ1n) is 6.70. The Morgan fingerprint density at radius 2 is 1.73 bits per heavy atom. The van der Waals surface area contributed by atoms with Gasteiger partial charge in [0, 0.05) is 16.9 Å². The van der Waals surface area contributed by atoms with Gasteiger partial charge in [0.05, 0.1) is 11.4 Å². The first kappa shape index (κ1) is 13.8. The van der Waals surface area contributed by atoms with E-state index in [4.69, 9.17) is 11.5 Å². The molecular weight excluding hydrogens is 278 g/mol. The third-order valence-electron chi connectivity index (χ3n) is 3.17. The van der Waals surface area contributed by atoms with Crippen LogP contribution in [-0.4, -0.2) is 20.1 Å². The molecule has 0 spiro atoms. The minimum Gasteiger partial charge on any atom is -0.506 e. The molecule has 2 aromatic heterocycles. The molecule has 110 valence electrons. The van der Waals surface area contributed by atoms with Crippen molar-refractivity contribution >= 4 is 11.6 Å². The summed E-state index contributed by atoms with van der Waals surface area (Å²) in [5, 5.41) is 10.1. The molecule has 5 N–H and O–H groups in total. The molecule has 2 heterocycles. The largest absolute Gasteiger partial charge is 0.506 e. The van der Waals surface area contributed by atoms with E-state index in [-0.39, 0.29) is 11.7 Å². The molecule has 0 unspecified atom stereocenters. The Bertz CT molecular complexity index is 827. The second kappa shape index (κ2) is 5.33. The van der Waals surface area contributed by atoms with Crippen LogP contribution in [0.5, 0.6) is 5.75 Å². The smallest absolute Gasteiger partial charge is 0.220 e. The van der Waals surface area contributed by atoms with Crippen molar-refractivity contribution in [3.05, 3.63) is 48.2 Å². The van der Waals surface area contributed by atoms with Crippen LogP contribution < -0.4 is 11.5 Å². The van der Waals surface area contributed by atoms with E-state index in [9.17, 15) is 5.11 Å². The van der Waals surface area contributed by atoms with Gasteiger partial charge >= 0.3 is 0 Å². The van der Waals surface area contributed by atoms with E-state index in [0.717, 1.165) is 5.56 Å². The highest BCUT2D eigenvalue weighted by molar-refractivity contribution is 5.70. The number of aromatic nitrogens is 3. The van der Waals surface area contributed by atoms with Crippen LogP contribution in [0.4, 0.5) is 11.6 Å². The van der Waals surface area contributed by atoms with E-state index in [1.165, 1.54) is 0 Å². The number of benzene rings is 1. The summed E-state index contributed by atoms with van der Waals surface area (Å²) in [5.74, 6) is 0.177. The van der Waals surface area contributed by atoms with Gasteiger partial charge in [0.1, 0.15) is 11.4 Å². The number of nitrogen functional groups attached to an aromatic ring is 2. The van der Waals surface area contributed by atoms with Crippen molar-refractivity contribution in [3.8, 4) is 28.4 Å². The molecule has 0 aliphatic heterocycles. The molecule has 1 aromatic carbocycles. The zero-order valence-corrected chi connectivity index (χ0v) is 12.0. The van der Waals surface area contributed by atoms with Gasteiger partial charge in [-0.3, -0.25) is 0 Å². The average molecular weight is 293 g/mol. The molecule has 0 amide bonds. The lowest BCUT2D eigenvalue weighted by molar-refractivity contribution is 0.475. The lowest BCUT2D eigenvalue weighted by Gasteiger charge is -2.08. The minimum atomic E-state index is 0.0325. The number of rotatable bonds is 2. The maximum atomic E-state index is 10.1. The number of nitrogens with two attached hydrogens (primary N) is 2. The van der Waals surface area contributed by atoms with Gasteiger partial charge in [0.25, 0.3) is 0 Å². The quantitative estimate of drug-likeness (QED) is 0.625. The van der Waals surface area contributed by atoms with Gasteiger partial charge in [-0.2, -0.15) is 0 Å². The molecule has 0 aliphatic carbocycles. The number of hydrogen-bond acceptors (Lipinski definition) is 6. The van der Waals surface area contributed by atoms with E-state index < -0.39 is 0 Å². The van der Waals surface area contributed by atoms with Crippen molar-refractivity contribution in [2.75, 3.05) is 11.5 Å². The fraction of sp³-hybridized carbons (Fsp3) is 0.0625. The van der Waals surface area contributed by atoms with Crippen molar-refractivity contribution < 1.29 is 5.11 Å². The maximum absolute atomic E-state index is 10.1. The van der Waals surface area contributed by atoms with Crippen LogP contribution in [0, 0.1) is 6.92 Å². The van der Waals surface area contributed by atoms with Crippen molar-refractivity contribution in [3.63, 3.8) is 0 Å². The second-order valence-electron chi connectivity index (χ2n) is 4.94. The third kappa shape index (κ3) is 2.67. The van der Waals surface area contributed by atoms with Gasteiger partial charge in [-0.1, -0.05) is 12.1 Å². The molecule has 0 aliphatic rings. The SMILES string of the molecule is Cc1cc(-c2nc(-c3cccc(N)c3)ccc2O)nc(N)n1. The van der Waals surface area contributed by atoms with Gasteiger partial charge in [0.2, 0.25) is 5.95 Å². The topological polar surface area (TPSA) is 111 Å². The number of pyridine rings is 1. The summed E-state index contributed by atoms with van der Waals surface area (Å²) in [4.78, 5) is 12.6. The number of hydrogen-bond donors (Lipinski definition) is 3. The van der Waals surface area contributed by atoms with Crippen LogP contribution in [0.3, 0.4) is 0 Å². The van der Waals surface area contributed by atoms with E-state index in [1.807, 2.05) is 18.2 Å². The number of anilines is 2. The second-order valence-corrected chi connectivity index (χ2v) is 4.94. The summed E-state index contributed by atoms with van der Waals surface area (Å²) in [6.07, 6.45) is 0. The monoisotopic (exact) mass is 293 g/mol. The summed E-state index contributed by atoms with van der Waals surface area (Å²) in [6, 6.07) is 12.4. The summed E-state index contributed by atoms with van der Waals surface area (Å²) in [7, 11) is 0. The maximum Gasteiger partial charge on any atom is 0.220 e. The molecule has 0 bridgehead atoms. The van der Waals surface area contributed by atoms with Crippen LogP contribution in [0.2, 0.25) is 0 Å². The van der Waals surface area contributed by atoms with E-state index in [0.29, 0.717) is 28.5 Å². The summed E-state index contributed by atoms with van der Waals surface area (Å²) >= 11 is 0. The summed E-state index contributed by atoms with van der Waals surface area (Å²) in [6.45, 7) is 1.81. The van der Waals surface area contributed by atoms with Crippen LogP contribution in [0.15, 0.2) is 42.5 Å². The Hall–Kier alpha value is -3.15. The van der Waals surface area contributed by atoms with Crippen LogP contribution in [-0.2, 0) is 0 Å². The molecule has 0 atom stereocenters. The minimum absolute atomic E-state index is 0.0325. The molecule has 22 heavy (non-hydrogen) atoms. The predicted octanol–water partition coefficient (Wildman–Crippen LogP) is 2.38. The highest BCUT2D eigenvalue weighted by Crippen LogP contribution is 2.30. The highest BCUT2D eigenvalue weighted by Gasteiger charge is 2.12. The van der Waals surface area contributed by atoms with Crippen molar-refractivity contribution in [1.82, 2.24) is 15.0 Å². The first-order valence-corrected chi connectivity index (χ1v) is 6.70. The molecule has 0 radical (unpaired) electrons. The lowest BCUT2D eigenvalue weighted by atomic mass is 10.1. The van der Waals surface area contributed by atoms with Crippen LogP contribution >= 0.6 is 0 Å². The zero-order chi connectivity index (χ0) is 15.7.